The van der Waals surface area contributed by atoms with Crippen LogP contribution in [0, 0.1) is 6.92 Å². The molecule has 6 nitrogen and oxygen atoms in total. The topological polar surface area (TPSA) is 78.5 Å². The SMILES string of the molecule is CCc1cccc(C)c1NC(=O)c1cccc(NC2=C(Cl)C(=O)N(Cc3ccccc3)C2=O)c1. The minimum absolute atomic E-state index is 0.00710. The van der Waals surface area contributed by atoms with E-state index in [4.69, 9.17) is 11.6 Å². The molecule has 1 aliphatic heterocycles. The molecule has 1 aliphatic rings. The molecule has 0 atom stereocenters. The fourth-order valence-corrected chi connectivity index (χ4v) is 4.06. The largest absolute Gasteiger partial charge is 0.350 e. The Morgan fingerprint density at radius 1 is 0.941 bits per heavy atom. The van der Waals surface area contributed by atoms with Crippen molar-refractivity contribution in [2.24, 2.45) is 0 Å². The number of carbonyl (C=O) groups excluding carboxylic acids is 3. The van der Waals surface area contributed by atoms with Gasteiger partial charge in [0.1, 0.15) is 10.7 Å². The van der Waals surface area contributed by atoms with E-state index in [0.717, 1.165) is 33.7 Å². The molecule has 0 fully saturated rings. The van der Waals surface area contributed by atoms with Crippen LogP contribution >= 0.6 is 11.6 Å². The number of hydrogen-bond donors (Lipinski definition) is 2. The number of nitrogens with zero attached hydrogens (tertiary/aromatic N) is 1. The lowest BCUT2D eigenvalue weighted by Crippen LogP contribution is -2.31. The van der Waals surface area contributed by atoms with Crippen LogP contribution in [0.4, 0.5) is 11.4 Å². The second kappa shape index (κ2) is 9.93. The van der Waals surface area contributed by atoms with E-state index >= 15 is 0 Å². The van der Waals surface area contributed by atoms with Gasteiger partial charge in [-0.15, -0.1) is 0 Å². The predicted octanol–water partition coefficient (Wildman–Crippen LogP) is 5.24. The number of imide groups is 1. The zero-order valence-corrected chi connectivity index (χ0v) is 19.6. The molecule has 0 bridgehead atoms. The van der Waals surface area contributed by atoms with Crippen LogP contribution < -0.4 is 10.6 Å². The summed E-state index contributed by atoms with van der Waals surface area (Å²) in [6.07, 6.45) is 0.793. The van der Waals surface area contributed by atoms with Crippen molar-refractivity contribution in [3.8, 4) is 0 Å². The molecule has 0 aliphatic carbocycles. The molecule has 172 valence electrons. The van der Waals surface area contributed by atoms with E-state index in [1.165, 1.54) is 0 Å². The van der Waals surface area contributed by atoms with Crippen molar-refractivity contribution in [3.05, 3.63) is 106 Å². The minimum Gasteiger partial charge on any atom is -0.350 e. The highest BCUT2D eigenvalue weighted by Crippen LogP contribution is 2.28. The highest BCUT2D eigenvalue weighted by Gasteiger charge is 2.37. The van der Waals surface area contributed by atoms with Gasteiger partial charge in [0.2, 0.25) is 0 Å². The van der Waals surface area contributed by atoms with Crippen molar-refractivity contribution in [3.63, 3.8) is 0 Å². The number of halogens is 1. The second-order valence-electron chi connectivity index (χ2n) is 7.99. The summed E-state index contributed by atoms with van der Waals surface area (Å²) in [5.41, 5.74) is 4.52. The Hall–Kier alpha value is -3.90. The zero-order chi connectivity index (χ0) is 24.2. The van der Waals surface area contributed by atoms with E-state index in [1.807, 2.05) is 62.4 Å². The summed E-state index contributed by atoms with van der Waals surface area (Å²) in [6.45, 7) is 4.11. The van der Waals surface area contributed by atoms with E-state index in [1.54, 1.807) is 24.3 Å². The number of anilines is 2. The molecule has 34 heavy (non-hydrogen) atoms. The first-order valence-electron chi connectivity index (χ1n) is 11.0. The first kappa shape index (κ1) is 23.3. The smallest absolute Gasteiger partial charge is 0.279 e. The molecule has 1 heterocycles. The van der Waals surface area contributed by atoms with Crippen molar-refractivity contribution < 1.29 is 14.4 Å². The van der Waals surface area contributed by atoms with Gasteiger partial charge >= 0.3 is 0 Å². The fraction of sp³-hybridized carbons (Fsp3) is 0.148. The number of aryl methyl sites for hydroxylation is 2. The second-order valence-corrected chi connectivity index (χ2v) is 8.37. The van der Waals surface area contributed by atoms with Gasteiger partial charge in [0.15, 0.2) is 0 Å². The maximum atomic E-state index is 13.0. The van der Waals surface area contributed by atoms with Crippen LogP contribution in [-0.4, -0.2) is 22.6 Å². The van der Waals surface area contributed by atoms with Crippen molar-refractivity contribution in [1.82, 2.24) is 4.90 Å². The Balaban J connectivity index is 1.52. The van der Waals surface area contributed by atoms with Crippen LogP contribution in [0.25, 0.3) is 0 Å². The van der Waals surface area contributed by atoms with Gasteiger partial charge in [0, 0.05) is 16.9 Å². The number of benzene rings is 3. The summed E-state index contributed by atoms with van der Waals surface area (Å²) in [5.74, 6) is -1.34. The minimum atomic E-state index is -0.557. The van der Waals surface area contributed by atoms with Crippen LogP contribution in [-0.2, 0) is 22.6 Å². The average Bonchev–Trinajstić information content (AvgIpc) is 3.04. The summed E-state index contributed by atoms with van der Waals surface area (Å²) in [5, 5.41) is 5.75. The molecule has 0 saturated heterocycles. The number of nitrogens with one attached hydrogen (secondary N) is 2. The first-order valence-corrected chi connectivity index (χ1v) is 11.3. The molecule has 0 unspecified atom stereocenters. The normalized spacial score (nSPS) is 13.4. The van der Waals surface area contributed by atoms with E-state index in [-0.39, 0.29) is 23.2 Å². The van der Waals surface area contributed by atoms with Gasteiger partial charge in [-0.3, -0.25) is 19.3 Å². The molecule has 3 aromatic carbocycles. The van der Waals surface area contributed by atoms with Crippen molar-refractivity contribution in [1.29, 1.82) is 0 Å². The average molecular weight is 474 g/mol. The Morgan fingerprint density at radius 2 is 1.68 bits per heavy atom. The number of para-hydroxylation sites is 1. The summed E-state index contributed by atoms with van der Waals surface area (Å²) >= 11 is 6.22. The lowest BCUT2D eigenvalue weighted by molar-refractivity contribution is -0.138. The molecule has 0 spiro atoms. The Bertz CT molecular complexity index is 1300. The van der Waals surface area contributed by atoms with Crippen molar-refractivity contribution in [2.75, 3.05) is 10.6 Å². The number of amides is 3. The maximum Gasteiger partial charge on any atom is 0.279 e. The molecule has 3 amide bonds. The Kier molecular flexibility index (Phi) is 6.80. The van der Waals surface area contributed by atoms with E-state index in [2.05, 4.69) is 10.6 Å². The summed E-state index contributed by atoms with van der Waals surface area (Å²) in [7, 11) is 0. The van der Waals surface area contributed by atoms with Gasteiger partial charge in [-0.25, -0.2) is 0 Å². The molecular formula is C27H24ClN3O3. The van der Waals surface area contributed by atoms with Crippen LogP contribution in [0.1, 0.15) is 34.0 Å². The highest BCUT2D eigenvalue weighted by atomic mass is 35.5. The van der Waals surface area contributed by atoms with E-state index < -0.39 is 11.8 Å². The molecule has 4 rings (SSSR count). The summed E-state index contributed by atoms with van der Waals surface area (Å²) < 4.78 is 0. The molecule has 3 aromatic rings. The molecule has 0 aromatic heterocycles. The molecule has 0 saturated carbocycles. The Labute approximate surface area is 203 Å². The molecule has 0 radical (unpaired) electrons. The van der Waals surface area contributed by atoms with Gasteiger partial charge in [-0.05, 0) is 48.2 Å². The van der Waals surface area contributed by atoms with Crippen molar-refractivity contribution in [2.45, 2.75) is 26.8 Å². The number of rotatable bonds is 7. The van der Waals surface area contributed by atoms with E-state index in [0.29, 0.717) is 11.3 Å². The zero-order valence-electron chi connectivity index (χ0n) is 18.9. The third kappa shape index (κ3) is 4.72. The molecular weight excluding hydrogens is 450 g/mol. The predicted molar refractivity (Wildman–Crippen MR) is 133 cm³/mol. The fourth-order valence-electron chi connectivity index (χ4n) is 3.83. The van der Waals surface area contributed by atoms with Gasteiger partial charge in [-0.2, -0.15) is 0 Å². The van der Waals surface area contributed by atoms with Crippen LogP contribution in [0.5, 0.6) is 0 Å². The number of hydrogen-bond acceptors (Lipinski definition) is 4. The van der Waals surface area contributed by atoms with Gasteiger partial charge in [0.25, 0.3) is 17.7 Å². The van der Waals surface area contributed by atoms with Crippen molar-refractivity contribution >= 4 is 40.7 Å². The Morgan fingerprint density at radius 3 is 2.41 bits per heavy atom. The summed E-state index contributed by atoms with van der Waals surface area (Å²) in [4.78, 5) is 39.6. The van der Waals surface area contributed by atoms with Gasteiger partial charge in [0.05, 0.1) is 6.54 Å². The molecule has 2 N–H and O–H groups in total. The van der Waals surface area contributed by atoms with Gasteiger partial charge < -0.3 is 10.6 Å². The monoisotopic (exact) mass is 473 g/mol. The summed E-state index contributed by atoms with van der Waals surface area (Å²) in [6, 6.07) is 21.8. The van der Waals surface area contributed by atoms with Crippen LogP contribution in [0.3, 0.4) is 0 Å². The van der Waals surface area contributed by atoms with E-state index in [9.17, 15) is 14.4 Å². The maximum absolute atomic E-state index is 13.0. The number of carbonyl (C=O) groups is 3. The lowest BCUT2D eigenvalue weighted by Gasteiger charge is -2.15. The quantitative estimate of drug-likeness (QED) is 0.460. The van der Waals surface area contributed by atoms with Gasteiger partial charge in [-0.1, -0.05) is 73.1 Å². The lowest BCUT2D eigenvalue weighted by atomic mass is 10.1. The molecule has 7 heteroatoms. The van der Waals surface area contributed by atoms with Crippen LogP contribution in [0.2, 0.25) is 0 Å². The third-order valence-corrected chi connectivity index (χ3v) is 6.02. The first-order chi connectivity index (χ1) is 16.4. The standard InChI is InChI=1S/C27H24ClN3O3/c1-3-19-12-7-9-17(2)23(19)30-25(32)20-13-8-14-21(15-20)29-24-22(28)26(33)31(27(24)34)16-18-10-5-4-6-11-18/h4-15,29H,3,16H2,1-2H3,(H,30,32). The third-order valence-electron chi connectivity index (χ3n) is 5.67. The van der Waals surface area contributed by atoms with Crippen LogP contribution in [0.15, 0.2) is 83.5 Å². The highest BCUT2D eigenvalue weighted by molar-refractivity contribution is 6.48.